The van der Waals surface area contributed by atoms with Crippen molar-refractivity contribution >= 4 is 0 Å². The number of hydrogen-bond donors (Lipinski definition) is 1. The number of nitrogens with one attached hydrogen (secondary N) is 1. The standard InChI is InChI=1S/C12H19N3O/c1-9-11(8-15-6-4-13-5-7-15)16-12(14-9)10-2-3-10/h10,13H,2-8H2,1H3. The first-order chi connectivity index (χ1) is 7.83. The van der Waals surface area contributed by atoms with Crippen molar-refractivity contribution in [3.05, 3.63) is 17.3 Å². The average Bonchev–Trinajstić information content (AvgIpc) is 3.07. The largest absolute Gasteiger partial charge is 0.444 e. The van der Waals surface area contributed by atoms with Gasteiger partial charge in [-0.15, -0.1) is 0 Å². The zero-order valence-corrected chi connectivity index (χ0v) is 9.83. The van der Waals surface area contributed by atoms with Crippen LogP contribution in [0.15, 0.2) is 4.42 Å². The molecule has 1 aliphatic carbocycles. The SMILES string of the molecule is Cc1nc(C2CC2)oc1CN1CCNCC1. The lowest BCUT2D eigenvalue weighted by atomic mass is 10.3. The first-order valence-electron chi connectivity index (χ1n) is 6.22. The van der Waals surface area contributed by atoms with Gasteiger partial charge in [0.1, 0.15) is 5.76 Å². The summed E-state index contributed by atoms with van der Waals surface area (Å²) in [5, 5.41) is 3.36. The molecule has 2 heterocycles. The molecular weight excluding hydrogens is 202 g/mol. The maximum atomic E-state index is 5.87. The van der Waals surface area contributed by atoms with E-state index in [1.165, 1.54) is 12.8 Å². The molecule has 0 spiro atoms. The van der Waals surface area contributed by atoms with Crippen molar-refractivity contribution in [3.63, 3.8) is 0 Å². The van der Waals surface area contributed by atoms with Crippen molar-refractivity contribution in [1.82, 2.24) is 15.2 Å². The van der Waals surface area contributed by atoms with Gasteiger partial charge < -0.3 is 9.73 Å². The van der Waals surface area contributed by atoms with Gasteiger partial charge in [-0.1, -0.05) is 0 Å². The van der Waals surface area contributed by atoms with Crippen LogP contribution in [-0.2, 0) is 6.54 Å². The smallest absolute Gasteiger partial charge is 0.197 e. The van der Waals surface area contributed by atoms with Gasteiger partial charge in [0.15, 0.2) is 5.89 Å². The van der Waals surface area contributed by atoms with Gasteiger partial charge in [-0.05, 0) is 19.8 Å². The van der Waals surface area contributed by atoms with E-state index in [-0.39, 0.29) is 0 Å². The minimum atomic E-state index is 0.621. The van der Waals surface area contributed by atoms with E-state index in [0.29, 0.717) is 5.92 Å². The average molecular weight is 221 g/mol. The first kappa shape index (κ1) is 10.3. The van der Waals surface area contributed by atoms with Gasteiger partial charge in [0.05, 0.1) is 12.2 Å². The summed E-state index contributed by atoms with van der Waals surface area (Å²) in [6, 6.07) is 0. The predicted molar refractivity (Wildman–Crippen MR) is 61.4 cm³/mol. The third kappa shape index (κ3) is 2.13. The molecule has 1 saturated carbocycles. The molecule has 1 aromatic rings. The third-order valence-corrected chi connectivity index (χ3v) is 3.41. The topological polar surface area (TPSA) is 41.3 Å². The Morgan fingerprint density at radius 3 is 2.81 bits per heavy atom. The van der Waals surface area contributed by atoms with Gasteiger partial charge in [0.25, 0.3) is 0 Å². The van der Waals surface area contributed by atoms with Crippen LogP contribution in [0.25, 0.3) is 0 Å². The summed E-state index contributed by atoms with van der Waals surface area (Å²) >= 11 is 0. The number of hydrogen-bond acceptors (Lipinski definition) is 4. The molecule has 3 rings (SSSR count). The molecule has 4 nitrogen and oxygen atoms in total. The summed E-state index contributed by atoms with van der Waals surface area (Å²) in [5.74, 6) is 2.67. The number of nitrogens with zero attached hydrogens (tertiary/aromatic N) is 2. The summed E-state index contributed by atoms with van der Waals surface area (Å²) in [6.45, 7) is 7.38. The highest BCUT2D eigenvalue weighted by Crippen LogP contribution is 2.40. The van der Waals surface area contributed by atoms with Crippen molar-refractivity contribution < 1.29 is 4.42 Å². The van der Waals surface area contributed by atoms with Gasteiger partial charge in [-0.2, -0.15) is 0 Å². The molecular formula is C12H19N3O. The Hall–Kier alpha value is -0.870. The number of aryl methyl sites for hydroxylation is 1. The highest BCUT2D eigenvalue weighted by atomic mass is 16.4. The zero-order valence-electron chi connectivity index (χ0n) is 9.83. The molecule has 2 aliphatic rings. The summed E-state index contributed by atoms with van der Waals surface area (Å²) in [5.41, 5.74) is 1.08. The molecule has 0 bridgehead atoms. The Morgan fingerprint density at radius 2 is 2.12 bits per heavy atom. The van der Waals surface area contributed by atoms with E-state index in [1.807, 2.05) is 0 Å². The fourth-order valence-corrected chi connectivity index (χ4v) is 2.17. The van der Waals surface area contributed by atoms with Crippen LogP contribution >= 0.6 is 0 Å². The Balaban J connectivity index is 1.68. The van der Waals surface area contributed by atoms with Crippen molar-refractivity contribution in [1.29, 1.82) is 0 Å². The van der Waals surface area contributed by atoms with E-state index < -0.39 is 0 Å². The van der Waals surface area contributed by atoms with Crippen LogP contribution in [0.1, 0.15) is 36.1 Å². The number of piperazine rings is 1. The van der Waals surface area contributed by atoms with E-state index in [2.05, 4.69) is 22.1 Å². The first-order valence-corrected chi connectivity index (χ1v) is 6.22. The van der Waals surface area contributed by atoms with Crippen molar-refractivity contribution in [3.8, 4) is 0 Å². The van der Waals surface area contributed by atoms with Crippen LogP contribution in [0.2, 0.25) is 0 Å². The molecule has 1 aromatic heterocycles. The molecule has 4 heteroatoms. The van der Waals surface area contributed by atoms with Crippen LogP contribution in [-0.4, -0.2) is 36.1 Å². The lowest BCUT2D eigenvalue weighted by molar-refractivity contribution is 0.214. The van der Waals surface area contributed by atoms with E-state index >= 15 is 0 Å². The van der Waals surface area contributed by atoms with Crippen LogP contribution < -0.4 is 5.32 Å². The number of aromatic nitrogens is 1. The number of oxazole rings is 1. The maximum Gasteiger partial charge on any atom is 0.197 e. The van der Waals surface area contributed by atoms with E-state index in [1.54, 1.807) is 0 Å². The van der Waals surface area contributed by atoms with Crippen molar-refractivity contribution in [2.24, 2.45) is 0 Å². The highest BCUT2D eigenvalue weighted by Gasteiger charge is 2.29. The molecule has 88 valence electrons. The van der Waals surface area contributed by atoms with Gasteiger partial charge >= 0.3 is 0 Å². The summed E-state index contributed by atoms with van der Waals surface area (Å²) in [7, 11) is 0. The lowest BCUT2D eigenvalue weighted by Crippen LogP contribution is -2.42. The molecule has 1 N–H and O–H groups in total. The second-order valence-electron chi connectivity index (χ2n) is 4.86. The van der Waals surface area contributed by atoms with Gasteiger partial charge in [-0.25, -0.2) is 4.98 Å². The molecule has 16 heavy (non-hydrogen) atoms. The lowest BCUT2D eigenvalue weighted by Gasteiger charge is -2.26. The quantitative estimate of drug-likeness (QED) is 0.834. The molecule has 2 fully saturated rings. The molecule has 0 unspecified atom stereocenters. The fourth-order valence-electron chi connectivity index (χ4n) is 2.17. The van der Waals surface area contributed by atoms with Crippen LogP contribution in [0.5, 0.6) is 0 Å². The Kier molecular flexibility index (Phi) is 2.69. The van der Waals surface area contributed by atoms with Crippen LogP contribution in [0, 0.1) is 6.92 Å². The van der Waals surface area contributed by atoms with E-state index in [0.717, 1.165) is 50.1 Å². The highest BCUT2D eigenvalue weighted by molar-refractivity contribution is 5.12. The van der Waals surface area contributed by atoms with Crippen LogP contribution in [0.4, 0.5) is 0 Å². The minimum Gasteiger partial charge on any atom is -0.444 e. The summed E-state index contributed by atoms with van der Waals surface area (Å²) in [6.07, 6.45) is 2.51. The second kappa shape index (κ2) is 4.18. The molecule has 0 atom stereocenters. The predicted octanol–water partition coefficient (Wildman–Crippen LogP) is 1.27. The zero-order chi connectivity index (χ0) is 11.0. The Bertz CT molecular complexity index is 364. The summed E-state index contributed by atoms with van der Waals surface area (Å²) in [4.78, 5) is 6.96. The minimum absolute atomic E-state index is 0.621. The Morgan fingerprint density at radius 1 is 1.38 bits per heavy atom. The maximum absolute atomic E-state index is 5.87. The number of rotatable bonds is 3. The molecule has 0 amide bonds. The van der Waals surface area contributed by atoms with Crippen molar-refractivity contribution in [2.45, 2.75) is 32.2 Å². The third-order valence-electron chi connectivity index (χ3n) is 3.41. The van der Waals surface area contributed by atoms with E-state index in [9.17, 15) is 0 Å². The molecule has 0 radical (unpaired) electrons. The molecule has 0 aromatic carbocycles. The summed E-state index contributed by atoms with van der Waals surface area (Å²) < 4.78 is 5.87. The van der Waals surface area contributed by atoms with Gasteiger partial charge in [0.2, 0.25) is 0 Å². The Labute approximate surface area is 96.0 Å². The normalized spacial score (nSPS) is 22.6. The van der Waals surface area contributed by atoms with E-state index in [4.69, 9.17) is 4.42 Å². The molecule has 1 aliphatic heterocycles. The van der Waals surface area contributed by atoms with Gasteiger partial charge in [0, 0.05) is 32.1 Å². The monoisotopic (exact) mass is 221 g/mol. The van der Waals surface area contributed by atoms with Crippen molar-refractivity contribution in [2.75, 3.05) is 26.2 Å². The molecule has 1 saturated heterocycles. The van der Waals surface area contributed by atoms with Gasteiger partial charge in [-0.3, -0.25) is 4.90 Å². The fraction of sp³-hybridized carbons (Fsp3) is 0.750. The van der Waals surface area contributed by atoms with Crippen LogP contribution in [0.3, 0.4) is 0 Å². The second-order valence-corrected chi connectivity index (χ2v) is 4.86.